The van der Waals surface area contributed by atoms with Crippen LogP contribution in [0.25, 0.3) is 0 Å². The van der Waals surface area contributed by atoms with Crippen molar-refractivity contribution in [3.63, 3.8) is 0 Å². The highest BCUT2D eigenvalue weighted by Crippen LogP contribution is 2.28. The molecule has 0 radical (unpaired) electrons. The van der Waals surface area contributed by atoms with Crippen molar-refractivity contribution >= 4 is 29.0 Å². The van der Waals surface area contributed by atoms with Gasteiger partial charge in [0.05, 0.1) is 16.4 Å². The summed E-state index contributed by atoms with van der Waals surface area (Å²) < 4.78 is 8.02. The summed E-state index contributed by atoms with van der Waals surface area (Å²) in [6.45, 7) is 10.9. The summed E-state index contributed by atoms with van der Waals surface area (Å²) in [5.41, 5.74) is 3.36. The lowest BCUT2D eigenvalue weighted by molar-refractivity contribution is -0.384. The second kappa shape index (κ2) is 11.1. The van der Waals surface area contributed by atoms with Crippen LogP contribution in [0.15, 0.2) is 41.6 Å². The van der Waals surface area contributed by atoms with Crippen molar-refractivity contribution in [3.05, 3.63) is 69.0 Å². The predicted molar refractivity (Wildman–Crippen MR) is 132 cm³/mol. The van der Waals surface area contributed by atoms with Crippen molar-refractivity contribution in [2.45, 2.75) is 58.8 Å². The van der Waals surface area contributed by atoms with E-state index in [0.29, 0.717) is 29.1 Å². The average molecular weight is 484 g/mol. The topological polar surface area (TPSA) is 112 Å². The van der Waals surface area contributed by atoms with Crippen LogP contribution in [0.2, 0.25) is 0 Å². The van der Waals surface area contributed by atoms with Crippen molar-refractivity contribution in [1.82, 2.24) is 14.8 Å². The number of nitro groups is 1. The van der Waals surface area contributed by atoms with Crippen molar-refractivity contribution < 1.29 is 14.5 Å². The largest absolute Gasteiger partial charge is 0.485 e. The van der Waals surface area contributed by atoms with E-state index in [1.807, 2.05) is 24.5 Å². The van der Waals surface area contributed by atoms with Gasteiger partial charge in [-0.2, -0.15) is 0 Å². The number of nitrogens with zero attached hydrogens (tertiary/aromatic N) is 4. The number of thioether (sulfide) groups is 1. The molecule has 1 aromatic heterocycles. The molecular formula is C24H29N5O4S. The number of ether oxygens (including phenoxy) is 1. The average Bonchev–Trinajstić information content (AvgIpc) is 3.19. The van der Waals surface area contributed by atoms with Crippen LogP contribution in [0.3, 0.4) is 0 Å². The number of carbonyl (C=O) groups excluding carboxylic acids is 1. The number of anilines is 1. The molecule has 3 aromatic rings. The number of rotatable bonds is 10. The molecule has 0 aliphatic heterocycles. The molecule has 2 aromatic carbocycles. The van der Waals surface area contributed by atoms with Crippen molar-refractivity contribution in [3.8, 4) is 5.75 Å². The van der Waals surface area contributed by atoms with E-state index in [-0.39, 0.29) is 24.0 Å². The number of benzene rings is 2. The van der Waals surface area contributed by atoms with Gasteiger partial charge < -0.3 is 14.6 Å². The van der Waals surface area contributed by atoms with Gasteiger partial charge in [-0.1, -0.05) is 43.8 Å². The summed E-state index contributed by atoms with van der Waals surface area (Å²) in [5, 5.41) is 22.9. The normalized spacial score (nSPS) is 11.0. The molecule has 0 saturated carbocycles. The molecule has 1 heterocycles. The van der Waals surface area contributed by atoms with Gasteiger partial charge in [0.2, 0.25) is 5.91 Å². The predicted octanol–water partition coefficient (Wildman–Crippen LogP) is 5.26. The van der Waals surface area contributed by atoms with Crippen molar-refractivity contribution in [1.29, 1.82) is 0 Å². The minimum Gasteiger partial charge on any atom is -0.485 e. The van der Waals surface area contributed by atoms with Gasteiger partial charge in [0, 0.05) is 18.7 Å². The third kappa shape index (κ3) is 6.13. The molecule has 1 N–H and O–H groups in total. The minimum absolute atomic E-state index is 0.0712. The lowest BCUT2D eigenvalue weighted by Crippen LogP contribution is -2.16. The van der Waals surface area contributed by atoms with Crippen LogP contribution in [0.4, 0.5) is 11.4 Å². The molecule has 0 fully saturated rings. The molecule has 0 spiro atoms. The van der Waals surface area contributed by atoms with Crippen LogP contribution in [0.1, 0.15) is 49.2 Å². The maximum Gasteiger partial charge on any atom is 0.271 e. The Bertz CT molecular complexity index is 1190. The number of aryl methyl sites for hydroxylation is 2. The van der Waals surface area contributed by atoms with Gasteiger partial charge in [0.25, 0.3) is 5.69 Å². The van der Waals surface area contributed by atoms with E-state index in [1.54, 1.807) is 13.0 Å². The molecule has 1 amide bonds. The standard InChI is InChI=1S/C24H29N5O4S/c1-6-28-22(13-33-21-11-16(4)7-10-19(21)15(2)3)26-27-24(28)34-14-23(30)25-20-12-18(29(31)32)9-8-17(20)5/h7-12,15H,6,13-14H2,1-5H3,(H,25,30). The first kappa shape index (κ1) is 25.2. The zero-order valence-corrected chi connectivity index (χ0v) is 20.8. The Kier molecular flexibility index (Phi) is 8.27. The first-order chi connectivity index (χ1) is 16.2. The van der Waals surface area contributed by atoms with Gasteiger partial charge in [0.15, 0.2) is 11.0 Å². The maximum atomic E-state index is 12.5. The van der Waals surface area contributed by atoms with Crippen molar-refractivity contribution in [2.75, 3.05) is 11.1 Å². The zero-order chi connectivity index (χ0) is 24.8. The molecule has 34 heavy (non-hydrogen) atoms. The molecule has 180 valence electrons. The first-order valence-corrected chi connectivity index (χ1v) is 12.0. The number of aromatic nitrogens is 3. The van der Waals surface area contributed by atoms with Crippen LogP contribution in [-0.4, -0.2) is 31.3 Å². The van der Waals surface area contributed by atoms with Gasteiger partial charge in [-0.25, -0.2) is 0 Å². The number of amides is 1. The van der Waals surface area contributed by atoms with Gasteiger partial charge in [-0.05, 0) is 49.4 Å². The number of hydrogen-bond donors (Lipinski definition) is 1. The van der Waals surface area contributed by atoms with E-state index in [0.717, 1.165) is 22.4 Å². The Morgan fingerprint density at radius 2 is 1.97 bits per heavy atom. The van der Waals surface area contributed by atoms with Crippen LogP contribution in [0.5, 0.6) is 5.75 Å². The summed E-state index contributed by atoms with van der Waals surface area (Å²) >= 11 is 1.26. The third-order valence-electron chi connectivity index (χ3n) is 5.30. The van der Waals surface area contributed by atoms with E-state index >= 15 is 0 Å². The fraction of sp³-hybridized carbons (Fsp3) is 0.375. The van der Waals surface area contributed by atoms with Gasteiger partial charge in [0.1, 0.15) is 12.4 Å². The highest BCUT2D eigenvalue weighted by Gasteiger charge is 2.16. The van der Waals surface area contributed by atoms with Crippen LogP contribution < -0.4 is 10.1 Å². The Hall–Kier alpha value is -3.40. The molecule has 0 saturated heterocycles. The molecule has 0 aliphatic carbocycles. The molecule has 0 unspecified atom stereocenters. The molecule has 10 heteroatoms. The number of non-ortho nitro benzene ring substituents is 1. The molecule has 0 atom stereocenters. The number of nitrogens with one attached hydrogen (secondary N) is 1. The van der Waals surface area contributed by atoms with Crippen molar-refractivity contribution in [2.24, 2.45) is 0 Å². The summed E-state index contributed by atoms with van der Waals surface area (Å²) in [7, 11) is 0. The molecule has 3 rings (SSSR count). The number of carbonyl (C=O) groups is 1. The lowest BCUT2D eigenvalue weighted by atomic mass is 10.0. The molecular weight excluding hydrogens is 454 g/mol. The van der Waals surface area contributed by atoms with E-state index in [1.165, 1.54) is 23.9 Å². The number of nitro benzene ring substituents is 1. The Morgan fingerprint density at radius 1 is 1.21 bits per heavy atom. The van der Waals surface area contributed by atoms with E-state index in [4.69, 9.17) is 4.74 Å². The maximum absolute atomic E-state index is 12.5. The zero-order valence-electron chi connectivity index (χ0n) is 20.0. The fourth-order valence-corrected chi connectivity index (χ4v) is 4.23. The quantitative estimate of drug-likeness (QED) is 0.238. The summed E-state index contributed by atoms with van der Waals surface area (Å²) in [6.07, 6.45) is 0. The third-order valence-corrected chi connectivity index (χ3v) is 6.26. The molecule has 9 nitrogen and oxygen atoms in total. The Labute approximate surface area is 203 Å². The second-order valence-electron chi connectivity index (χ2n) is 8.22. The first-order valence-electron chi connectivity index (χ1n) is 11.0. The summed E-state index contributed by atoms with van der Waals surface area (Å²) in [5.74, 6) is 1.66. The molecule has 0 bridgehead atoms. The minimum atomic E-state index is -0.488. The monoisotopic (exact) mass is 483 g/mol. The highest BCUT2D eigenvalue weighted by molar-refractivity contribution is 7.99. The second-order valence-corrected chi connectivity index (χ2v) is 9.16. The van der Waals surface area contributed by atoms with E-state index < -0.39 is 4.92 Å². The van der Waals surface area contributed by atoms with Gasteiger partial charge >= 0.3 is 0 Å². The van der Waals surface area contributed by atoms with Gasteiger partial charge in [-0.15, -0.1) is 10.2 Å². The smallest absolute Gasteiger partial charge is 0.271 e. The van der Waals surface area contributed by atoms with Crippen LogP contribution >= 0.6 is 11.8 Å². The lowest BCUT2D eigenvalue weighted by Gasteiger charge is -2.15. The van der Waals surface area contributed by atoms with Crippen LogP contribution in [0, 0.1) is 24.0 Å². The van der Waals surface area contributed by atoms with E-state index in [2.05, 4.69) is 41.5 Å². The molecule has 0 aliphatic rings. The number of hydrogen-bond acceptors (Lipinski definition) is 7. The van der Waals surface area contributed by atoms with Crippen LogP contribution in [-0.2, 0) is 17.9 Å². The van der Waals surface area contributed by atoms with Gasteiger partial charge in [-0.3, -0.25) is 14.9 Å². The fourth-order valence-electron chi connectivity index (χ4n) is 3.41. The van der Waals surface area contributed by atoms with E-state index in [9.17, 15) is 14.9 Å². The Morgan fingerprint density at radius 3 is 2.65 bits per heavy atom. The SMILES string of the molecule is CCn1c(COc2cc(C)ccc2C(C)C)nnc1SCC(=O)Nc1cc([N+](=O)[O-])ccc1C. The summed E-state index contributed by atoms with van der Waals surface area (Å²) in [4.78, 5) is 23.0. The Balaban J connectivity index is 1.65. The summed E-state index contributed by atoms with van der Waals surface area (Å²) in [6, 6.07) is 10.6. The highest BCUT2D eigenvalue weighted by atomic mass is 32.2.